The molecule has 0 atom stereocenters. The largest absolute Gasteiger partial charge is 0.316 e. The molecule has 0 aliphatic rings. The Labute approximate surface area is 134 Å². The second kappa shape index (κ2) is 4.96. The van der Waals surface area contributed by atoms with Gasteiger partial charge in [-0.2, -0.15) is 0 Å². The Kier molecular flexibility index (Phi) is 3.03. The van der Waals surface area contributed by atoms with E-state index in [4.69, 9.17) is 0 Å². The van der Waals surface area contributed by atoms with E-state index in [2.05, 4.69) is 0 Å². The molecule has 2 heterocycles. The molecule has 0 saturated heterocycles. The van der Waals surface area contributed by atoms with E-state index >= 15 is 0 Å². The lowest BCUT2D eigenvalue weighted by Gasteiger charge is -1.99. The highest BCUT2D eigenvalue weighted by molar-refractivity contribution is 7.98. The predicted molar refractivity (Wildman–Crippen MR) is 93.0 cm³/mol. The van der Waals surface area contributed by atoms with Gasteiger partial charge in [0.1, 0.15) is 0 Å². The van der Waals surface area contributed by atoms with Crippen molar-refractivity contribution in [3.8, 4) is 0 Å². The normalized spacial score (nSPS) is 13.2. The van der Waals surface area contributed by atoms with Crippen LogP contribution in [0.5, 0.6) is 0 Å². The summed E-state index contributed by atoms with van der Waals surface area (Å²) in [5, 5.41) is 3.17. The number of benzene rings is 2. The fraction of sp³-hybridized carbons (Fsp3) is 0.0526. The third-order valence-electron chi connectivity index (χ3n) is 4.08. The van der Waals surface area contributed by atoms with Crippen LogP contribution in [-0.2, 0) is 9.84 Å². The molecular formula is C19H15NO2S. The average molecular weight is 321 g/mol. The van der Waals surface area contributed by atoms with Gasteiger partial charge in [0.05, 0.1) is 15.9 Å². The maximum atomic E-state index is 12.6. The van der Waals surface area contributed by atoms with Gasteiger partial charge in [-0.1, -0.05) is 35.9 Å². The fourth-order valence-electron chi connectivity index (χ4n) is 2.86. The molecule has 0 bridgehead atoms. The van der Waals surface area contributed by atoms with Crippen LogP contribution in [0.4, 0.5) is 0 Å². The molecule has 3 nitrogen and oxygen atoms in total. The Morgan fingerprint density at radius 3 is 2.43 bits per heavy atom. The Morgan fingerprint density at radius 1 is 0.913 bits per heavy atom. The lowest BCUT2D eigenvalue weighted by atomic mass is 10.2. The molecule has 0 amide bonds. The second-order valence-electron chi connectivity index (χ2n) is 5.71. The summed E-state index contributed by atoms with van der Waals surface area (Å²) in [6.45, 7) is 1.94. The molecule has 4 aromatic rings. The van der Waals surface area contributed by atoms with Crippen LogP contribution in [0.15, 0.2) is 71.8 Å². The van der Waals surface area contributed by atoms with Crippen LogP contribution < -0.4 is 5.22 Å². The first-order chi connectivity index (χ1) is 11.0. The zero-order valence-corrected chi connectivity index (χ0v) is 13.4. The molecule has 0 saturated carbocycles. The Balaban J connectivity index is 1.94. The summed E-state index contributed by atoms with van der Waals surface area (Å²) >= 11 is 0. The van der Waals surface area contributed by atoms with Crippen LogP contribution in [-0.4, -0.2) is 12.8 Å². The number of sulfone groups is 1. The van der Waals surface area contributed by atoms with Gasteiger partial charge in [0, 0.05) is 22.2 Å². The predicted octanol–water partition coefficient (Wildman–Crippen LogP) is 3.33. The van der Waals surface area contributed by atoms with E-state index in [1.807, 2.05) is 66.1 Å². The van der Waals surface area contributed by atoms with Crippen LogP contribution in [0.25, 0.3) is 21.8 Å². The molecule has 114 valence electrons. The van der Waals surface area contributed by atoms with Gasteiger partial charge in [-0.3, -0.25) is 0 Å². The third kappa shape index (κ3) is 2.32. The van der Waals surface area contributed by atoms with Gasteiger partial charge in [-0.25, -0.2) is 8.42 Å². The molecule has 2 aromatic carbocycles. The quantitative estimate of drug-likeness (QED) is 0.568. The molecule has 0 fully saturated rings. The summed E-state index contributed by atoms with van der Waals surface area (Å²) in [5.74, 6) is 0. The van der Waals surface area contributed by atoms with Crippen molar-refractivity contribution in [1.29, 1.82) is 0 Å². The molecule has 0 unspecified atom stereocenters. The van der Waals surface area contributed by atoms with E-state index in [0.29, 0.717) is 10.1 Å². The highest BCUT2D eigenvalue weighted by Gasteiger charge is 2.12. The van der Waals surface area contributed by atoms with E-state index in [1.165, 1.54) is 5.41 Å². The van der Waals surface area contributed by atoms with E-state index in [-0.39, 0.29) is 0 Å². The SMILES string of the molecule is Cc1ccc(S(=O)(=O)/C=c2/ccn3c2cc2ccccc23)cc1. The van der Waals surface area contributed by atoms with Crippen molar-refractivity contribution in [3.63, 3.8) is 0 Å². The molecule has 2 aromatic heterocycles. The summed E-state index contributed by atoms with van der Waals surface area (Å²) in [6.07, 6.45) is 1.91. The van der Waals surface area contributed by atoms with Crippen molar-refractivity contribution in [2.24, 2.45) is 0 Å². The molecule has 4 heteroatoms. The average Bonchev–Trinajstić information content (AvgIpc) is 3.08. The van der Waals surface area contributed by atoms with Crippen molar-refractivity contribution in [2.45, 2.75) is 11.8 Å². The molecular weight excluding hydrogens is 306 g/mol. The third-order valence-corrected chi connectivity index (χ3v) is 5.57. The topological polar surface area (TPSA) is 38.5 Å². The van der Waals surface area contributed by atoms with E-state index in [1.54, 1.807) is 12.1 Å². The molecule has 0 N–H and O–H groups in total. The van der Waals surface area contributed by atoms with Gasteiger partial charge in [-0.15, -0.1) is 0 Å². The van der Waals surface area contributed by atoms with Gasteiger partial charge in [0.2, 0.25) is 0 Å². The van der Waals surface area contributed by atoms with Crippen molar-refractivity contribution >= 4 is 31.7 Å². The van der Waals surface area contributed by atoms with Gasteiger partial charge >= 0.3 is 0 Å². The number of fused-ring (bicyclic) bond motifs is 3. The number of para-hydroxylation sites is 1. The van der Waals surface area contributed by atoms with Crippen LogP contribution in [0.2, 0.25) is 0 Å². The zero-order chi connectivity index (χ0) is 16.0. The Bertz CT molecular complexity index is 1170. The number of aryl methyl sites for hydroxylation is 1. The molecule has 0 aliphatic carbocycles. The maximum absolute atomic E-state index is 12.6. The first-order valence-corrected chi connectivity index (χ1v) is 8.91. The molecule has 0 spiro atoms. The van der Waals surface area contributed by atoms with E-state index in [0.717, 1.165) is 22.0 Å². The van der Waals surface area contributed by atoms with Crippen molar-refractivity contribution in [3.05, 3.63) is 77.6 Å². The Morgan fingerprint density at radius 2 is 1.65 bits per heavy atom. The fourth-order valence-corrected chi connectivity index (χ4v) is 4.05. The highest BCUT2D eigenvalue weighted by atomic mass is 32.2. The molecule has 23 heavy (non-hydrogen) atoms. The lowest BCUT2D eigenvalue weighted by molar-refractivity contribution is 0.607. The minimum atomic E-state index is -3.47. The molecule has 4 rings (SSSR count). The first kappa shape index (κ1) is 14.0. The smallest absolute Gasteiger partial charge is 0.200 e. The van der Waals surface area contributed by atoms with Gasteiger partial charge in [-0.05, 0) is 37.3 Å². The minimum absolute atomic E-state index is 0.318. The van der Waals surface area contributed by atoms with Crippen LogP contribution in [0.3, 0.4) is 0 Å². The monoisotopic (exact) mass is 321 g/mol. The highest BCUT2D eigenvalue weighted by Crippen LogP contribution is 2.19. The van der Waals surface area contributed by atoms with Crippen LogP contribution in [0.1, 0.15) is 5.56 Å². The second-order valence-corrected chi connectivity index (χ2v) is 7.50. The van der Waals surface area contributed by atoms with E-state index in [9.17, 15) is 8.42 Å². The number of aromatic nitrogens is 1. The lowest BCUT2D eigenvalue weighted by Crippen LogP contribution is -2.04. The standard InChI is InChI=1S/C19H15NO2S/c1-14-6-8-17(9-7-14)23(21,22)13-16-10-11-20-18-5-3-2-4-15(18)12-19(16)20/h2-13H,1H3/b16-13-. The summed E-state index contributed by atoms with van der Waals surface area (Å²) < 4.78 is 27.2. The number of hydrogen-bond donors (Lipinski definition) is 0. The van der Waals surface area contributed by atoms with Crippen molar-refractivity contribution in [2.75, 3.05) is 0 Å². The molecule has 0 aliphatic heterocycles. The van der Waals surface area contributed by atoms with E-state index < -0.39 is 9.84 Å². The van der Waals surface area contributed by atoms with Gasteiger partial charge in [0.25, 0.3) is 0 Å². The van der Waals surface area contributed by atoms with Gasteiger partial charge < -0.3 is 4.40 Å². The van der Waals surface area contributed by atoms with Crippen LogP contribution >= 0.6 is 0 Å². The molecule has 0 radical (unpaired) electrons. The summed E-state index contributed by atoms with van der Waals surface area (Å²) in [7, 11) is -3.47. The van der Waals surface area contributed by atoms with Crippen molar-refractivity contribution in [1.82, 2.24) is 4.40 Å². The van der Waals surface area contributed by atoms with Gasteiger partial charge in [0.15, 0.2) is 9.84 Å². The first-order valence-electron chi connectivity index (χ1n) is 7.37. The minimum Gasteiger partial charge on any atom is -0.316 e. The maximum Gasteiger partial charge on any atom is 0.200 e. The summed E-state index contributed by atoms with van der Waals surface area (Å²) in [4.78, 5) is 0.318. The summed E-state index contributed by atoms with van der Waals surface area (Å²) in [5.41, 5.74) is 3.02. The van der Waals surface area contributed by atoms with Crippen molar-refractivity contribution < 1.29 is 8.42 Å². The summed E-state index contributed by atoms with van der Waals surface area (Å²) in [6, 6.07) is 18.8. The number of nitrogens with zero attached hydrogens (tertiary/aromatic N) is 1. The number of hydrogen-bond acceptors (Lipinski definition) is 2. The number of rotatable bonds is 2. The Hall–Kier alpha value is -2.59. The zero-order valence-electron chi connectivity index (χ0n) is 12.6. The van der Waals surface area contributed by atoms with Crippen LogP contribution in [0, 0.1) is 6.92 Å².